The van der Waals surface area contributed by atoms with Crippen LogP contribution < -0.4 is 19.6 Å². The molecule has 4 nitrogen and oxygen atoms in total. The van der Waals surface area contributed by atoms with Crippen molar-refractivity contribution in [3.05, 3.63) is 49.5 Å². The summed E-state index contributed by atoms with van der Waals surface area (Å²) in [4.78, 5) is 17.3. The summed E-state index contributed by atoms with van der Waals surface area (Å²) in [6, 6.07) is 7.78. The quantitative estimate of drug-likeness (QED) is 0.850. The number of hydrogen-bond acceptors (Lipinski definition) is 4. The van der Waals surface area contributed by atoms with Crippen molar-refractivity contribution in [1.82, 2.24) is 4.57 Å². The van der Waals surface area contributed by atoms with Crippen molar-refractivity contribution < 1.29 is 4.74 Å². The summed E-state index contributed by atoms with van der Waals surface area (Å²) in [7, 11) is 0. The number of fused-ring (bicyclic) bond motifs is 1. The molecule has 1 aliphatic rings. The van der Waals surface area contributed by atoms with Crippen molar-refractivity contribution in [3.63, 3.8) is 0 Å². The molecule has 1 aliphatic heterocycles. The lowest BCUT2D eigenvalue weighted by molar-refractivity contribution is 0.242. The van der Waals surface area contributed by atoms with E-state index < -0.39 is 0 Å². The smallest absolute Gasteiger partial charge is 0.270 e. The molecule has 0 N–H and O–H groups in total. The largest absolute Gasteiger partial charge is 0.491 e. The second-order valence-electron chi connectivity index (χ2n) is 4.97. The van der Waals surface area contributed by atoms with Crippen molar-refractivity contribution in [2.24, 2.45) is 4.99 Å². The molecule has 3 rings (SSSR count). The summed E-state index contributed by atoms with van der Waals surface area (Å²) < 4.78 is 8.13. The first-order valence-corrected chi connectivity index (χ1v) is 7.48. The average Bonchev–Trinajstić information content (AvgIpc) is 2.94. The van der Waals surface area contributed by atoms with E-state index in [-0.39, 0.29) is 11.7 Å². The van der Waals surface area contributed by atoms with E-state index >= 15 is 0 Å². The van der Waals surface area contributed by atoms with Gasteiger partial charge in [-0.3, -0.25) is 14.4 Å². The van der Waals surface area contributed by atoms with Gasteiger partial charge in [-0.2, -0.15) is 0 Å². The maximum atomic E-state index is 12.2. The number of hydrogen-bond donors (Lipinski definition) is 0. The van der Waals surface area contributed by atoms with Crippen LogP contribution in [0.3, 0.4) is 0 Å². The Morgan fingerprint density at radius 1 is 1.45 bits per heavy atom. The summed E-state index contributed by atoms with van der Waals surface area (Å²) in [5.74, 6) is 0.822. The van der Waals surface area contributed by atoms with Gasteiger partial charge in [-0.15, -0.1) is 0 Å². The van der Waals surface area contributed by atoms with Crippen LogP contribution in [0.5, 0.6) is 5.75 Å². The summed E-state index contributed by atoms with van der Waals surface area (Å²) in [6.45, 7) is 5.41. The fourth-order valence-electron chi connectivity index (χ4n) is 2.17. The minimum atomic E-state index is 0.0569. The molecular weight excluding hydrogens is 272 g/mol. The summed E-state index contributed by atoms with van der Waals surface area (Å²) in [5, 5.41) is 0. The van der Waals surface area contributed by atoms with Crippen molar-refractivity contribution >= 4 is 17.4 Å². The Balaban J connectivity index is 2.02. The number of thiazole rings is 1. The highest BCUT2D eigenvalue weighted by molar-refractivity contribution is 7.07. The van der Waals surface area contributed by atoms with Gasteiger partial charge in [0.15, 0.2) is 4.80 Å². The molecule has 1 aromatic heterocycles. The van der Waals surface area contributed by atoms with Gasteiger partial charge in [0.2, 0.25) is 0 Å². The molecule has 2 heterocycles. The molecule has 104 valence electrons. The molecule has 2 aromatic rings. The lowest BCUT2D eigenvalue weighted by atomic mass is 10.2. The first-order valence-electron chi connectivity index (χ1n) is 6.66. The first kappa shape index (κ1) is 13.1. The second-order valence-corrected chi connectivity index (χ2v) is 5.98. The third-order valence-electron chi connectivity index (χ3n) is 2.99. The van der Waals surface area contributed by atoms with Gasteiger partial charge >= 0.3 is 0 Å². The lowest BCUT2D eigenvalue weighted by Crippen LogP contribution is -2.29. The zero-order valence-corrected chi connectivity index (χ0v) is 12.3. The fraction of sp³-hybridized carbons (Fsp3) is 0.333. The van der Waals surface area contributed by atoms with Gasteiger partial charge in [-0.25, -0.2) is 0 Å². The molecule has 0 saturated carbocycles. The van der Waals surface area contributed by atoms with Crippen LogP contribution in [0.25, 0.3) is 6.08 Å². The van der Waals surface area contributed by atoms with E-state index in [0.717, 1.165) is 27.2 Å². The summed E-state index contributed by atoms with van der Waals surface area (Å²) >= 11 is 1.45. The maximum absolute atomic E-state index is 12.2. The Hall–Kier alpha value is -1.88. The standard InChI is InChI=1S/C15H16N2O2S/c1-10(2)19-12-5-3-4-11(8-12)9-13-14(18)17-7-6-16-15(17)20-13/h3-5,8-10H,6-7H2,1-2H3/b13-9+. The van der Waals surface area contributed by atoms with E-state index in [4.69, 9.17) is 4.74 Å². The number of ether oxygens (including phenoxy) is 1. The zero-order chi connectivity index (χ0) is 14.1. The average molecular weight is 288 g/mol. The molecule has 1 aromatic carbocycles. The van der Waals surface area contributed by atoms with Gasteiger partial charge in [0.05, 0.1) is 17.2 Å². The SMILES string of the molecule is CC(C)Oc1cccc(/C=c2/sc3n(c2=O)CCN=3)c1. The molecule has 0 aliphatic carbocycles. The Morgan fingerprint density at radius 3 is 3.05 bits per heavy atom. The minimum absolute atomic E-state index is 0.0569. The first-order chi connectivity index (χ1) is 9.63. The highest BCUT2D eigenvalue weighted by Crippen LogP contribution is 2.15. The van der Waals surface area contributed by atoms with Gasteiger partial charge in [0.25, 0.3) is 5.56 Å². The normalized spacial score (nSPS) is 14.4. The molecule has 0 unspecified atom stereocenters. The molecular formula is C15H16N2O2S. The molecule has 20 heavy (non-hydrogen) atoms. The van der Waals surface area contributed by atoms with Crippen molar-refractivity contribution in [3.8, 4) is 5.75 Å². The monoisotopic (exact) mass is 288 g/mol. The predicted molar refractivity (Wildman–Crippen MR) is 80.0 cm³/mol. The molecule has 0 amide bonds. The van der Waals surface area contributed by atoms with E-state index in [1.165, 1.54) is 11.3 Å². The van der Waals surface area contributed by atoms with Crippen LogP contribution in [-0.4, -0.2) is 17.2 Å². The Bertz CT molecular complexity index is 802. The van der Waals surface area contributed by atoms with Gasteiger partial charge in [-0.05, 0) is 37.6 Å². The van der Waals surface area contributed by atoms with Gasteiger partial charge < -0.3 is 4.74 Å². The zero-order valence-electron chi connectivity index (χ0n) is 11.5. The molecule has 0 atom stereocenters. The van der Waals surface area contributed by atoms with Crippen LogP contribution in [0.15, 0.2) is 34.1 Å². The van der Waals surface area contributed by atoms with Crippen LogP contribution in [0.2, 0.25) is 0 Å². The maximum Gasteiger partial charge on any atom is 0.270 e. The molecule has 5 heteroatoms. The van der Waals surface area contributed by atoms with E-state index in [9.17, 15) is 4.79 Å². The molecule has 0 bridgehead atoms. The number of benzene rings is 1. The lowest BCUT2D eigenvalue weighted by Gasteiger charge is -2.09. The van der Waals surface area contributed by atoms with Crippen LogP contribution in [0.1, 0.15) is 19.4 Å². The number of rotatable bonds is 3. The van der Waals surface area contributed by atoms with Crippen LogP contribution in [0, 0.1) is 0 Å². The van der Waals surface area contributed by atoms with Gasteiger partial charge in [-0.1, -0.05) is 23.5 Å². The van der Waals surface area contributed by atoms with Gasteiger partial charge in [0, 0.05) is 6.54 Å². The summed E-state index contributed by atoms with van der Waals surface area (Å²) in [6.07, 6.45) is 2.04. The molecule has 0 radical (unpaired) electrons. The number of aromatic nitrogens is 1. The van der Waals surface area contributed by atoms with Crippen LogP contribution in [-0.2, 0) is 6.54 Å². The van der Waals surface area contributed by atoms with E-state index in [0.29, 0.717) is 6.54 Å². The van der Waals surface area contributed by atoms with Crippen LogP contribution >= 0.6 is 11.3 Å². The Labute approximate surface area is 120 Å². The Kier molecular flexibility index (Phi) is 3.44. The third kappa shape index (κ3) is 2.54. The van der Waals surface area contributed by atoms with Gasteiger partial charge in [0.1, 0.15) is 5.75 Å². The fourth-order valence-corrected chi connectivity index (χ4v) is 3.20. The van der Waals surface area contributed by atoms with Crippen molar-refractivity contribution in [1.29, 1.82) is 0 Å². The molecule has 0 spiro atoms. The van der Waals surface area contributed by atoms with Crippen molar-refractivity contribution in [2.75, 3.05) is 6.54 Å². The predicted octanol–water partition coefficient (Wildman–Crippen LogP) is 1.16. The number of nitrogens with zero attached hydrogens (tertiary/aromatic N) is 2. The van der Waals surface area contributed by atoms with E-state index in [2.05, 4.69) is 4.99 Å². The third-order valence-corrected chi connectivity index (χ3v) is 4.03. The van der Waals surface area contributed by atoms with E-state index in [1.807, 2.05) is 44.2 Å². The van der Waals surface area contributed by atoms with E-state index in [1.54, 1.807) is 4.57 Å². The molecule has 0 saturated heterocycles. The highest BCUT2D eigenvalue weighted by atomic mass is 32.1. The minimum Gasteiger partial charge on any atom is -0.491 e. The summed E-state index contributed by atoms with van der Waals surface area (Å²) in [5.41, 5.74) is 1.03. The highest BCUT2D eigenvalue weighted by Gasteiger charge is 2.09. The second kappa shape index (κ2) is 5.25. The molecule has 0 fully saturated rings. The topological polar surface area (TPSA) is 43.6 Å². The Morgan fingerprint density at radius 2 is 2.30 bits per heavy atom. The van der Waals surface area contributed by atoms with Crippen molar-refractivity contribution in [2.45, 2.75) is 26.5 Å². The van der Waals surface area contributed by atoms with Crippen LogP contribution in [0.4, 0.5) is 0 Å².